The van der Waals surface area contributed by atoms with Crippen molar-refractivity contribution in [3.63, 3.8) is 0 Å². The summed E-state index contributed by atoms with van der Waals surface area (Å²) in [6, 6.07) is 15.6. The maximum Gasteiger partial charge on any atom is 0.331 e. The molecule has 3 rings (SSSR count). The number of rotatable bonds is 3. The lowest BCUT2D eigenvalue weighted by molar-refractivity contribution is -0.130. The molecular formula is C18H13BrN2O3. The van der Waals surface area contributed by atoms with E-state index in [0.717, 1.165) is 14.9 Å². The zero-order valence-electron chi connectivity index (χ0n) is 12.5. The van der Waals surface area contributed by atoms with Gasteiger partial charge >= 0.3 is 6.03 Å². The molecule has 0 aromatic heterocycles. The molecule has 24 heavy (non-hydrogen) atoms. The predicted molar refractivity (Wildman–Crippen MR) is 92.6 cm³/mol. The number of hydrogen-bond donors (Lipinski definition) is 1. The molecule has 0 atom stereocenters. The Kier molecular flexibility index (Phi) is 4.57. The summed E-state index contributed by atoms with van der Waals surface area (Å²) in [6.07, 6.45) is 1.48. The number of halogens is 1. The molecule has 0 radical (unpaired) electrons. The minimum absolute atomic E-state index is 0.0622. The second kappa shape index (κ2) is 6.80. The molecule has 0 unspecified atom stereocenters. The highest BCUT2D eigenvalue weighted by molar-refractivity contribution is 9.10. The highest BCUT2D eigenvalue weighted by Crippen LogP contribution is 2.18. The number of amides is 4. The van der Waals surface area contributed by atoms with E-state index in [2.05, 4.69) is 21.2 Å². The third-order valence-electron chi connectivity index (χ3n) is 3.55. The van der Waals surface area contributed by atoms with Crippen LogP contribution in [-0.2, 0) is 16.1 Å². The van der Waals surface area contributed by atoms with E-state index in [1.54, 1.807) is 12.1 Å². The van der Waals surface area contributed by atoms with Crippen LogP contribution in [-0.4, -0.2) is 22.7 Å². The molecule has 5 nitrogen and oxygen atoms in total. The number of nitrogens with zero attached hydrogens (tertiary/aromatic N) is 1. The van der Waals surface area contributed by atoms with Gasteiger partial charge in [0.25, 0.3) is 11.8 Å². The van der Waals surface area contributed by atoms with Crippen molar-refractivity contribution in [2.45, 2.75) is 6.54 Å². The van der Waals surface area contributed by atoms with Crippen molar-refractivity contribution in [3.05, 3.63) is 75.8 Å². The Bertz CT molecular complexity index is 829. The molecule has 2 aromatic carbocycles. The maximum atomic E-state index is 12.6. The van der Waals surface area contributed by atoms with Crippen molar-refractivity contribution >= 4 is 39.9 Å². The van der Waals surface area contributed by atoms with Gasteiger partial charge in [0, 0.05) is 4.47 Å². The largest absolute Gasteiger partial charge is 0.331 e. The molecule has 0 spiro atoms. The quantitative estimate of drug-likeness (QED) is 0.652. The second-order valence-corrected chi connectivity index (χ2v) is 6.16. The number of carbonyl (C=O) groups is 3. The fraction of sp³-hybridized carbons (Fsp3) is 0.0556. The number of urea groups is 1. The summed E-state index contributed by atoms with van der Waals surface area (Å²) < 4.78 is 0.893. The Hall–Kier alpha value is -2.73. The zero-order valence-corrected chi connectivity index (χ0v) is 14.1. The number of nitrogens with one attached hydrogen (secondary N) is 1. The first-order valence-electron chi connectivity index (χ1n) is 7.23. The summed E-state index contributed by atoms with van der Waals surface area (Å²) in [5, 5.41) is 2.21. The summed E-state index contributed by atoms with van der Waals surface area (Å²) in [4.78, 5) is 37.6. The first-order valence-corrected chi connectivity index (χ1v) is 8.02. The van der Waals surface area contributed by atoms with Crippen LogP contribution in [0.5, 0.6) is 0 Å². The van der Waals surface area contributed by atoms with E-state index in [1.807, 2.05) is 42.5 Å². The van der Waals surface area contributed by atoms with E-state index in [1.165, 1.54) is 6.08 Å². The summed E-state index contributed by atoms with van der Waals surface area (Å²) in [6.45, 7) is 0.108. The van der Waals surface area contributed by atoms with Crippen LogP contribution in [0, 0.1) is 0 Å². The zero-order chi connectivity index (χ0) is 17.1. The van der Waals surface area contributed by atoms with Crippen molar-refractivity contribution in [1.82, 2.24) is 10.2 Å². The minimum atomic E-state index is -0.707. The Labute approximate surface area is 147 Å². The third-order valence-corrected chi connectivity index (χ3v) is 4.08. The monoisotopic (exact) mass is 384 g/mol. The topological polar surface area (TPSA) is 66.5 Å². The molecule has 4 amide bonds. The van der Waals surface area contributed by atoms with Gasteiger partial charge in [-0.1, -0.05) is 58.4 Å². The van der Waals surface area contributed by atoms with Crippen molar-refractivity contribution in [1.29, 1.82) is 0 Å². The van der Waals surface area contributed by atoms with Crippen LogP contribution in [0.2, 0.25) is 0 Å². The summed E-state index contributed by atoms with van der Waals surface area (Å²) >= 11 is 3.33. The van der Waals surface area contributed by atoms with Gasteiger partial charge in [0.05, 0.1) is 6.54 Å². The van der Waals surface area contributed by atoms with Gasteiger partial charge in [-0.2, -0.15) is 0 Å². The van der Waals surface area contributed by atoms with Gasteiger partial charge in [-0.3, -0.25) is 19.8 Å². The van der Waals surface area contributed by atoms with Gasteiger partial charge in [-0.25, -0.2) is 4.79 Å². The molecule has 1 N–H and O–H groups in total. The molecule has 6 heteroatoms. The predicted octanol–water partition coefficient (Wildman–Crippen LogP) is 3.11. The highest BCUT2D eigenvalue weighted by Gasteiger charge is 2.35. The molecular weight excluding hydrogens is 372 g/mol. The van der Waals surface area contributed by atoms with Crippen LogP contribution in [0.15, 0.2) is 64.6 Å². The average Bonchev–Trinajstić information content (AvgIpc) is 2.58. The summed E-state index contributed by atoms with van der Waals surface area (Å²) in [7, 11) is 0. The van der Waals surface area contributed by atoms with Crippen LogP contribution < -0.4 is 5.32 Å². The smallest absolute Gasteiger partial charge is 0.273 e. The molecule has 1 aliphatic rings. The van der Waals surface area contributed by atoms with Gasteiger partial charge in [0.15, 0.2) is 0 Å². The molecule has 120 valence electrons. The number of hydrogen-bond acceptors (Lipinski definition) is 3. The first-order chi connectivity index (χ1) is 11.5. The fourth-order valence-corrected chi connectivity index (χ4v) is 2.59. The third kappa shape index (κ3) is 3.44. The lowest BCUT2D eigenvalue weighted by Gasteiger charge is -2.26. The lowest BCUT2D eigenvalue weighted by atomic mass is 10.1. The van der Waals surface area contributed by atoms with E-state index in [0.29, 0.717) is 5.56 Å². The Morgan fingerprint density at radius 2 is 1.62 bits per heavy atom. The van der Waals surface area contributed by atoms with Crippen molar-refractivity contribution < 1.29 is 14.4 Å². The summed E-state index contributed by atoms with van der Waals surface area (Å²) in [5.41, 5.74) is 1.44. The standard InChI is InChI=1S/C18H13BrN2O3/c19-14-8-6-12(7-9-14)10-15-16(22)20-18(24)21(17(15)23)11-13-4-2-1-3-5-13/h1-10H,11H2,(H,20,22,24)/b15-10+. The van der Waals surface area contributed by atoms with Crippen LogP contribution in [0.4, 0.5) is 4.79 Å². The first kappa shape index (κ1) is 16.1. The van der Waals surface area contributed by atoms with Gasteiger partial charge < -0.3 is 0 Å². The molecule has 0 bridgehead atoms. The van der Waals surface area contributed by atoms with E-state index in [9.17, 15) is 14.4 Å². The molecule has 2 aromatic rings. The molecule has 1 saturated heterocycles. The van der Waals surface area contributed by atoms with Gasteiger partial charge in [0.2, 0.25) is 0 Å². The maximum absolute atomic E-state index is 12.6. The number of imide groups is 2. The Morgan fingerprint density at radius 1 is 0.958 bits per heavy atom. The molecule has 0 aliphatic carbocycles. The van der Waals surface area contributed by atoms with Crippen LogP contribution in [0.25, 0.3) is 6.08 Å². The number of benzene rings is 2. The molecule has 1 fully saturated rings. The molecule has 1 aliphatic heterocycles. The second-order valence-electron chi connectivity index (χ2n) is 5.25. The van der Waals surface area contributed by atoms with Gasteiger partial charge in [-0.15, -0.1) is 0 Å². The van der Waals surface area contributed by atoms with Gasteiger partial charge in [-0.05, 0) is 29.3 Å². The fourth-order valence-electron chi connectivity index (χ4n) is 2.33. The Morgan fingerprint density at radius 3 is 2.29 bits per heavy atom. The molecule has 0 saturated carbocycles. The van der Waals surface area contributed by atoms with E-state index in [4.69, 9.17) is 0 Å². The average molecular weight is 385 g/mol. The van der Waals surface area contributed by atoms with Crippen LogP contribution in [0.3, 0.4) is 0 Å². The molecule has 1 heterocycles. The van der Waals surface area contributed by atoms with E-state index >= 15 is 0 Å². The minimum Gasteiger partial charge on any atom is -0.273 e. The van der Waals surface area contributed by atoms with Crippen LogP contribution in [0.1, 0.15) is 11.1 Å². The Balaban J connectivity index is 1.89. The lowest BCUT2D eigenvalue weighted by Crippen LogP contribution is -2.53. The van der Waals surface area contributed by atoms with E-state index in [-0.39, 0.29) is 12.1 Å². The summed E-state index contributed by atoms with van der Waals surface area (Å²) in [5.74, 6) is -1.28. The number of carbonyl (C=O) groups excluding carboxylic acids is 3. The SMILES string of the molecule is O=C1NC(=O)N(Cc2ccccc2)C(=O)/C1=C/c1ccc(Br)cc1. The number of barbiturate groups is 1. The van der Waals surface area contributed by atoms with Crippen molar-refractivity contribution in [3.8, 4) is 0 Å². The van der Waals surface area contributed by atoms with Crippen molar-refractivity contribution in [2.24, 2.45) is 0 Å². The highest BCUT2D eigenvalue weighted by atomic mass is 79.9. The normalized spacial score (nSPS) is 16.5. The van der Waals surface area contributed by atoms with E-state index < -0.39 is 17.8 Å². The van der Waals surface area contributed by atoms with Crippen molar-refractivity contribution in [2.75, 3.05) is 0 Å². The van der Waals surface area contributed by atoms with Gasteiger partial charge in [0.1, 0.15) is 5.57 Å². The van der Waals surface area contributed by atoms with Crippen LogP contribution >= 0.6 is 15.9 Å².